The normalized spacial score (nSPS) is 15.3. The van der Waals surface area contributed by atoms with Crippen molar-refractivity contribution in [1.82, 2.24) is 10.6 Å². The minimum absolute atomic E-state index is 0.0880. The number of benzene rings is 2. The van der Waals surface area contributed by atoms with Crippen molar-refractivity contribution >= 4 is 17.5 Å². The van der Waals surface area contributed by atoms with E-state index >= 15 is 0 Å². The Labute approximate surface area is 151 Å². The van der Waals surface area contributed by atoms with Gasteiger partial charge in [-0.3, -0.25) is 9.59 Å². The zero-order valence-corrected chi connectivity index (χ0v) is 14.7. The molecule has 0 unspecified atom stereocenters. The number of rotatable bonds is 6. The standard InChI is InChI=1S/C19H21N3O4/c1-3-20-17(23)11-26-15-9-8-12(10-16(15)25-2)18-21-14-7-5-4-6-13(14)19(24)22-18/h4-10,18,21H,3,11H2,1-2H3,(H,20,23)(H,22,24)/t18-/m0/s1. The summed E-state index contributed by atoms with van der Waals surface area (Å²) in [6.07, 6.45) is -0.385. The van der Waals surface area contributed by atoms with Crippen LogP contribution < -0.4 is 25.4 Å². The number of hydrogen-bond acceptors (Lipinski definition) is 5. The highest BCUT2D eigenvalue weighted by Crippen LogP contribution is 2.32. The zero-order chi connectivity index (χ0) is 18.5. The van der Waals surface area contributed by atoms with Crippen LogP contribution >= 0.6 is 0 Å². The smallest absolute Gasteiger partial charge is 0.257 e. The summed E-state index contributed by atoms with van der Waals surface area (Å²) < 4.78 is 10.9. The molecule has 0 bridgehead atoms. The van der Waals surface area contributed by atoms with Crippen LogP contribution in [0.2, 0.25) is 0 Å². The second-order valence-corrected chi connectivity index (χ2v) is 5.75. The zero-order valence-electron chi connectivity index (χ0n) is 14.7. The lowest BCUT2D eigenvalue weighted by Gasteiger charge is -2.28. The highest BCUT2D eigenvalue weighted by molar-refractivity contribution is 6.01. The Morgan fingerprint density at radius 2 is 1.96 bits per heavy atom. The van der Waals surface area contributed by atoms with Crippen molar-refractivity contribution in [2.75, 3.05) is 25.6 Å². The highest BCUT2D eigenvalue weighted by atomic mass is 16.5. The third-order valence-corrected chi connectivity index (χ3v) is 4.00. The van der Waals surface area contributed by atoms with Gasteiger partial charge < -0.3 is 25.4 Å². The van der Waals surface area contributed by atoms with Crippen molar-refractivity contribution in [3.8, 4) is 11.5 Å². The van der Waals surface area contributed by atoms with Gasteiger partial charge >= 0.3 is 0 Å². The third-order valence-electron chi connectivity index (χ3n) is 4.00. The average molecular weight is 355 g/mol. The summed E-state index contributed by atoms with van der Waals surface area (Å²) >= 11 is 0. The summed E-state index contributed by atoms with van der Waals surface area (Å²) in [5.41, 5.74) is 2.20. The van der Waals surface area contributed by atoms with Crippen molar-refractivity contribution in [3.63, 3.8) is 0 Å². The maximum absolute atomic E-state index is 12.3. The third kappa shape index (κ3) is 3.72. The van der Waals surface area contributed by atoms with Gasteiger partial charge in [-0.15, -0.1) is 0 Å². The van der Waals surface area contributed by atoms with E-state index in [9.17, 15) is 9.59 Å². The fraction of sp³-hybridized carbons (Fsp3) is 0.263. The second kappa shape index (κ2) is 7.77. The van der Waals surface area contributed by atoms with Crippen LogP contribution in [0, 0.1) is 0 Å². The predicted molar refractivity (Wildman–Crippen MR) is 97.4 cm³/mol. The summed E-state index contributed by atoms with van der Waals surface area (Å²) in [4.78, 5) is 23.8. The molecule has 0 saturated heterocycles. The lowest BCUT2D eigenvalue weighted by Crippen LogP contribution is -2.38. The maximum Gasteiger partial charge on any atom is 0.257 e. The van der Waals surface area contributed by atoms with Gasteiger partial charge in [-0.2, -0.15) is 0 Å². The Bertz CT molecular complexity index is 822. The Kier molecular flexibility index (Phi) is 5.26. The van der Waals surface area contributed by atoms with E-state index in [0.29, 0.717) is 23.6 Å². The van der Waals surface area contributed by atoms with Crippen LogP contribution in [-0.4, -0.2) is 32.1 Å². The summed E-state index contributed by atoms with van der Waals surface area (Å²) in [7, 11) is 1.53. The van der Waals surface area contributed by atoms with E-state index in [2.05, 4.69) is 16.0 Å². The molecular weight excluding hydrogens is 334 g/mol. The van der Waals surface area contributed by atoms with Crippen LogP contribution in [0.5, 0.6) is 11.5 Å². The summed E-state index contributed by atoms with van der Waals surface area (Å²) in [5.74, 6) is 0.614. The number of carbonyl (C=O) groups is 2. The lowest BCUT2D eigenvalue weighted by atomic mass is 10.1. The molecule has 3 N–H and O–H groups in total. The SMILES string of the molecule is CCNC(=O)COc1ccc([C@@H]2NC(=O)c3ccccc3N2)cc1OC. The maximum atomic E-state index is 12.3. The van der Waals surface area contributed by atoms with Gasteiger partial charge in [-0.05, 0) is 36.8 Å². The number of amides is 2. The van der Waals surface area contributed by atoms with Gasteiger partial charge in [-0.1, -0.05) is 18.2 Å². The molecule has 1 heterocycles. The van der Waals surface area contributed by atoms with Crippen LogP contribution in [0.3, 0.4) is 0 Å². The fourth-order valence-electron chi connectivity index (χ4n) is 2.75. The van der Waals surface area contributed by atoms with E-state index in [1.807, 2.05) is 31.2 Å². The molecule has 0 saturated carbocycles. The van der Waals surface area contributed by atoms with Gasteiger partial charge in [0.15, 0.2) is 18.1 Å². The number of hydrogen-bond donors (Lipinski definition) is 3. The van der Waals surface area contributed by atoms with Crippen LogP contribution in [-0.2, 0) is 4.79 Å². The Morgan fingerprint density at radius 3 is 2.73 bits per heavy atom. The van der Waals surface area contributed by atoms with E-state index in [1.54, 1.807) is 18.2 Å². The Hall–Kier alpha value is -3.22. The molecule has 26 heavy (non-hydrogen) atoms. The number of nitrogens with one attached hydrogen (secondary N) is 3. The van der Waals surface area contributed by atoms with Crippen molar-refractivity contribution in [1.29, 1.82) is 0 Å². The Morgan fingerprint density at radius 1 is 1.15 bits per heavy atom. The van der Waals surface area contributed by atoms with E-state index in [1.165, 1.54) is 7.11 Å². The Balaban J connectivity index is 1.77. The first-order valence-corrected chi connectivity index (χ1v) is 8.36. The van der Waals surface area contributed by atoms with Crippen LogP contribution in [0.4, 0.5) is 5.69 Å². The summed E-state index contributed by atoms with van der Waals surface area (Å²) in [6, 6.07) is 12.7. The monoisotopic (exact) mass is 355 g/mol. The molecule has 136 valence electrons. The van der Waals surface area contributed by atoms with Gasteiger partial charge in [0.1, 0.15) is 6.17 Å². The van der Waals surface area contributed by atoms with Crippen LogP contribution in [0.25, 0.3) is 0 Å². The van der Waals surface area contributed by atoms with Crippen molar-refractivity contribution in [2.24, 2.45) is 0 Å². The predicted octanol–water partition coefficient (Wildman–Crippen LogP) is 2.06. The molecule has 1 aliphatic heterocycles. The number of fused-ring (bicyclic) bond motifs is 1. The molecule has 0 radical (unpaired) electrons. The quantitative estimate of drug-likeness (QED) is 0.738. The molecule has 2 aromatic carbocycles. The van der Waals surface area contributed by atoms with E-state index in [0.717, 1.165) is 11.3 Å². The molecule has 7 heteroatoms. The number of carbonyl (C=O) groups excluding carboxylic acids is 2. The molecule has 1 atom stereocenters. The molecule has 7 nitrogen and oxygen atoms in total. The number of likely N-dealkylation sites (N-methyl/N-ethyl adjacent to an activating group) is 1. The lowest BCUT2D eigenvalue weighted by molar-refractivity contribution is -0.123. The van der Waals surface area contributed by atoms with Crippen LogP contribution in [0.1, 0.15) is 29.0 Å². The molecule has 1 aliphatic rings. The number of anilines is 1. The first kappa shape index (κ1) is 17.6. The molecule has 0 aliphatic carbocycles. The van der Waals surface area contributed by atoms with E-state index < -0.39 is 0 Å². The number of para-hydroxylation sites is 1. The van der Waals surface area contributed by atoms with Gasteiger partial charge in [0.25, 0.3) is 11.8 Å². The molecule has 0 aromatic heterocycles. The number of ether oxygens (including phenoxy) is 2. The minimum Gasteiger partial charge on any atom is -0.493 e. The highest BCUT2D eigenvalue weighted by Gasteiger charge is 2.25. The van der Waals surface area contributed by atoms with Crippen molar-refractivity contribution in [2.45, 2.75) is 13.1 Å². The molecular formula is C19H21N3O4. The number of methoxy groups -OCH3 is 1. The second-order valence-electron chi connectivity index (χ2n) is 5.75. The van der Waals surface area contributed by atoms with E-state index in [-0.39, 0.29) is 24.6 Å². The van der Waals surface area contributed by atoms with Gasteiger partial charge in [-0.25, -0.2) is 0 Å². The first-order chi connectivity index (χ1) is 12.6. The minimum atomic E-state index is -0.385. The van der Waals surface area contributed by atoms with Crippen LogP contribution in [0.15, 0.2) is 42.5 Å². The van der Waals surface area contributed by atoms with Crippen molar-refractivity contribution in [3.05, 3.63) is 53.6 Å². The first-order valence-electron chi connectivity index (χ1n) is 8.36. The fourth-order valence-corrected chi connectivity index (χ4v) is 2.75. The largest absolute Gasteiger partial charge is 0.493 e. The molecule has 0 spiro atoms. The van der Waals surface area contributed by atoms with E-state index in [4.69, 9.17) is 9.47 Å². The molecule has 2 aromatic rings. The molecule has 3 rings (SSSR count). The van der Waals surface area contributed by atoms with Gasteiger partial charge in [0.2, 0.25) is 0 Å². The van der Waals surface area contributed by atoms with Crippen molar-refractivity contribution < 1.29 is 19.1 Å². The molecule has 2 amide bonds. The summed E-state index contributed by atoms with van der Waals surface area (Å²) in [6.45, 7) is 2.30. The average Bonchev–Trinajstić information content (AvgIpc) is 2.66. The van der Waals surface area contributed by atoms with Gasteiger partial charge in [0.05, 0.1) is 12.7 Å². The summed E-state index contributed by atoms with van der Waals surface area (Å²) in [5, 5.41) is 8.87. The topological polar surface area (TPSA) is 88.7 Å². The molecule has 0 fully saturated rings. The van der Waals surface area contributed by atoms with Gasteiger partial charge in [0, 0.05) is 12.2 Å².